The van der Waals surface area contributed by atoms with Crippen molar-refractivity contribution in [2.24, 2.45) is 0 Å². The van der Waals surface area contributed by atoms with Crippen LogP contribution >= 0.6 is 0 Å². The standard InChI is InChI=1S/C9H14N2O3/c10-3-1-5-13-7-9(12)8-14-6-2-4-11/h9,12H,1-2,5-8H2. The highest BCUT2D eigenvalue weighted by atomic mass is 16.5. The molecule has 0 saturated heterocycles. The predicted octanol–water partition coefficient (Wildman–Crippen LogP) is 0.208. The van der Waals surface area contributed by atoms with Crippen LogP contribution in [0, 0.1) is 22.7 Å². The van der Waals surface area contributed by atoms with E-state index in [2.05, 4.69) is 0 Å². The molecule has 0 atom stereocenters. The molecule has 0 aliphatic heterocycles. The number of rotatable bonds is 8. The first-order valence-corrected chi connectivity index (χ1v) is 4.38. The highest BCUT2D eigenvalue weighted by Gasteiger charge is 2.03. The van der Waals surface area contributed by atoms with Crippen molar-refractivity contribution in [2.45, 2.75) is 18.9 Å². The van der Waals surface area contributed by atoms with Gasteiger partial charge in [0.15, 0.2) is 0 Å². The van der Waals surface area contributed by atoms with Crippen LogP contribution in [-0.4, -0.2) is 37.6 Å². The zero-order chi connectivity index (χ0) is 10.6. The van der Waals surface area contributed by atoms with Gasteiger partial charge in [-0.3, -0.25) is 0 Å². The Morgan fingerprint density at radius 1 is 1.00 bits per heavy atom. The van der Waals surface area contributed by atoms with E-state index in [9.17, 15) is 5.11 Å². The van der Waals surface area contributed by atoms with E-state index in [1.807, 2.05) is 12.1 Å². The lowest BCUT2D eigenvalue weighted by molar-refractivity contribution is -0.0165. The van der Waals surface area contributed by atoms with E-state index in [1.54, 1.807) is 0 Å². The molecule has 0 unspecified atom stereocenters. The first-order chi connectivity index (χ1) is 6.81. The maximum Gasteiger partial charge on any atom is 0.101 e. The molecule has 0 fully saturated rings. The molecule has 0 spiro atoms. The summed E-state index contributed by atoms with van der Waals surface area (Å²) >= 11 is 0. The number of nitriles is 2. The monoisotopic (exact) mass is 198 g/mol. The molecule has 0 rings (SSSR count). The summed E-state index contributed by atoms with van der Waals surface area (Å²) in [6.45, 7) is 0.972. The van der Waals surface area contributed by atoms with Crippen LogP contribution in [0.15, 0.2) is 0 Å². The van der Waals surface area contributed by atoms with Crippen LogP contribution < -0.4 is 0 Å². The molecule has 78 valence electrons. The van der Waals surface area contributed by atoms with Crippen LogP contribution in [0.4, 0.5) is 0 Å². The summed E-state index contributed by atoms with van der Waals surface area (Å²) in [4.78, 5) is 0. The highest BCUT2D eigenvalue weighted by Crippen LogP contribution is 1.90. The summed E-state index contributed by atoms with van der Waals surface area (Å²) in [5, 5.41) is 25.6. The van der Waals surface area contributed by atoms with E-state index in [0.29, 0.717) is 26.1 Å². The molecule has 5 heteroatoms. The Morgan fingerprint density at radius 3 is 1.79 bits per heavy atom. The molecule has 14 heavy (non-hydrogen) atoms. The molecule has 0 bridgehead atoms. The molecule has 0 aromatic heterocycles. The maximum atomic E-state index is 9.23. The van der Waals surface area contributed by atoms with Crippen molar-refractivity contribution in [1.82, 2.24) is 0 Å². The van der Waals surface area contributed by atoms with Gasteiger partial charge in [0.25, 0.3) is 0 Å². The average molecular weight is 198 g/mol. The maximum absolute atomic E-state index is 9.23. The molecule has 0 aliphatic rings. The minimum absolute atomic E-state index is 0.161. The topological polar surface area (TPSA) is 86.3 Å². The summed E-state index contributed by atoms with van der Waals surface area (Å²) in [6, 6.07) is 3.85. The van der Waals surface area contributed by atoms with Crippen molar-refractivity contribution in [3.05, 3.63) is 0 Å². The number of ether oxygens (including phenoxy) is 2. The van der Waals surface area contributed by atoms with Crippen LogP contribution in [0.3, 0.4) is 0 Å². The molecular weight excluding hydrogens is 184 g/mol. The number of aliphatic hydroxyl groups excluding tert-OH is 1. The zero-order valence-electron chi connectivity index (χ0n) is 7.98. The minimum Gasteiger partial charge on any atom is -0.388 e. The number of hydrogen-bond donors (Lipinski definition) is 1. The van der Waals surface area contributed by atoms with Crippen molar-refractivity contribution in [3.63, 3.8) is 0 Å². The fourth-order valence-corrected chi connectivity index (χ4v) is 0.722. The van der Waals surface area contributed by atoms with Gasteiger partial charge in [-0.1, -0.05) is 0 Å². The van der Waals surface area contributed by atoms with Gasteiger partial charge in [0.1, 0.15) is 6.10 Å². The van der Waals surface area contributed by atoms with Crippen molar-refractivity contribution in [2.75, 3.05) is 26.4 Å². The molecule has 5 nitrogen and oxygen atoms in total. The van der Waals surface area contributed by atoms with Crippen molar-refractivity contribution < 1.29 is 14.6 Å². The molecule has 1 N–H and O–H groups in total. The largest absolute Gasteiger partial charge is 0.388 e. The Labute approximate surface area is 83.5 Å². The third-order valence-electron chi connectivity index (χ3n) is 1.34. The second-order valence-electron chi connectivity index (χ2n) is 2.62. The van der Waals surface area contributed by atoms with Crippen LogP contribution in [0.25, 0.3) is 0 Å². The number of hydrogen-bond acceptors (Lipinski definition) is 5. The summed E-state index contributed by atoms with van der Waals surface area (Å²) in [6.07, 6.45) is -0.0447. The third-order valence-corrected chi connectivity index (χ3v) is 1.34. The van der Waals surface area contributed by atoms with E-state index in [4.69, 9.17) is 20.0 Å². The lowest BCUT2D eigenvalue weighted by atomic mass is 10.4. The lowest BCUT2D eigenvalue weighted by Gasteiger charge is -2.10. The van der Waals surface area contributed by atoms with Gasteiger partial charge < -0.3 is 14.6 Å². The highest BCUT2D eigenvalue weighted by molar-refractivity contribution is 4.68. The van der Waals surface area contributed by atoms with Gasteiger partial charge in [-0.25, -0.2) is 0 Å². The molecule has 0 aromatic carbocycles. The van der Waals surface area contributed by atoms with Crippen LogP contribution in [0.1, 0.15) is 12.8 Å². The zero-order valence-corrected chi connectivity index (χ0v) is 7.98. The lowest BCUT2D eigenvalue weighted by Crippen LogP contribution is -2.22. The SMILES string of the molecule is N#CCCOCC(O)COCCC#N. The van der Waals surface area contributed by atoms with Crippen molar-refractivity contribution >= 4 is 0 Å². The van der Waals surface area contributed by atoms with E-state index >= 15 is 0 Å². The van der Waals surface area contributed by atoms with E-state index in [0.717, 1.165) is 0 Å². The fourth-order valence-electron chi connectivity index (χ4n) is 0.722. The molecule has 0 radical (unpaired) electrons. The molecular formula is C9H14N2O3. The second kappa shape index (κ2) is 9.94. The van der Waals surface area contributed by atoms with Gasteiger partial charge in [0, 0.05) is 0 Å². The molecule has 0 aliphatic carbocycles. The Bertz CT molecular complexity index is 185. The van der Waals surface area contributed by atoms with Gasteiger partial charge in [0.2, 0.25) is 0 Å². The Kier molecular flexibility index (Phi) is 9.13. The van der Waals surface area contributed by atoms with Gasteiger partial charge in [-0.15, -0.1) is 0 Å². The Morgan fingerprint density at radius 2 is 1.43 bits per heavy atom. The van der Waals surface area contributed by atoms with Crippen LogP contribution in [0.2, 0.25) is 0 Å². The first kappa shape index (κ1) is 12.9. The fraction of sp³-hybridized carbons (Fsp3) is 0.778. The van der Waals surface area contributed by atoms with Crippen molar-refractivity contribution in [3.8, 4) is 12.1 Å². The van der Waals surface area contributed by atoms with Gasteiger partial charge in [0.05, 0.1) is 51.4 Å². The molecule has 0 aromatic rings. The van der Waals surface area contributed by atoms with Crippen LogP contribution in [0.5, 0.6) is 0 Å². The normalized spacial score (nSPS) is 9.71. The van der Waals surface area contributed by atoms with E-state index < -0.39 is 6.10 Å². The van der Waals surface area contributed by atoms with E-state index in [1.165, 1.54) is 0 Å². The quantitative estimate of drug-likeness (QED) is 0.563. The van der Waals surface area contributed by atoms with Gasteiger partial charge >= 0.3 is 0 Å². The Balaban J connectivity index is 3.16. The molecule has 0 amide bonds. The summed E-state index contributed by atoms with van der Waals surface area (Å²) in [5.74, 6) is 0. The average Bonchev–Trinajstić information content (AvgIpc) is 2.19. The number of aliphatic hydroxyl groups is 1. The number of nitrogens with zero attached hydrogens (tertiary/aromatic N) is 2. The van der Waals surface area contributed by atoms with Gasteiger partial charge in [-0.2, -0.15) is 10.5 Å². The molecule has 0 heterocycles. The predicted molar refractivity (Wildman–Crippen MR) is 48.1 cm³/mol. The van der Waals surface area contributed by atoms with Crippen LogP contribution in [-0.2, 0) is 9.47 Å². The summed E-state index contributed by atoms with van der Waals surface area (Å²) in [7, 11) is 0. The molecule has 0 saturated carbocycles. The second-order valence-corrected chi connectivity index (χ2v) is 2.62. The van der Waals surface area contributed by atoms with Crippen molar-refractivity contribution in [1.29, 1.82) is 10.5 Å². The smallest absolute Gasteiger partial charge is 0.101 e. The van der Waals surface area contributed by atoms with E-state index in [-0.39, 0.29) is 13.2 Å². The Hall–Kier alpha value is -1.14. The minimum atomic E-state index is -0.688. The van der Waals surface area contributed by atoms with Gasteiger partial charge in [-0.05, 0) is 0 Å². The summed E-state index contributed by atoms with van der Waals surface area (Å²) < 4.78 is 9.95. The first-order valence-electron chi connectivity index (χ1n) is 4.38. The summed E-state index contributed by atoms with van der Waals surface area (Å²) in [5.41, 5.74) is 0. The third kappa shape index (κ3) is 8.95.